The second kappa shape index (κ2) is 16.4. The van der Waals surface area contributed by atoms with Crippen LogP contribution >= 0.6 is 0 Å². The first-order chi connectivity index (χ1) is 0. The molecule has 0 saturated heterocycles. The normalized spacial score (nSPS) is 0. The van der Waals surface area contributed by atoms with Crippen LogP contribution < -0.4 is 0 Å². The van der Waals surface area contributed by atoms with Crippen molar-refractivity contribution in [2.45, 2.75) is 0 Å². The molecule has 0 aromatic carbocycles. The second-order valence-corrected chi connectivity index (χ2v) is 0. The molecule has 0 aromatic heterocycles. The first kappa shape index (κ1) is 27.0. The van der Waals surface area contributed by atoms with Crippen LogP contribution in [-0.2, 0) is 0 Å². The van der Waals surface area contributed by atoms with E-state index in [-0.39, 0.29) is 105 Å². The standard InChI is InChI=1S/FH.La.Li.Sr.3H/h1H;;;;;;. The van der Waals surface area contributed by atoms with Gasteiger partial charge in [0, 0.05) is 35.6 Å². The van der Waals surface area contributed by atoms with E-state index in [9.17, 15) is 0 Å². The van der Waals surface area contributed by atoms with Gasteiger partial charge in [-0.1, -0.05) is 0 Å². The van der Waals surface area contributed by atoms with Crippen molar-refractivity contribution in [1.82, 2.24) is 0 Å². The van der Waals surface area contributed by atoms with Gasteiger partial charge in [0.25, 0.3) is 0 Å². The Labute approximate surface area is 102 Å². The monoisotopic (exact) mass is 257 g/mol. The summed E-state index contributed by atoms with van der Waals surface area (Å²) < 4.78 is 0. The van der Waals surface area contributed by atoms with Gasteiger partial charge in [-0.3, -0.25) is 4.70 Å². The zero-order valence-corrected chi connectivity index (χ0v) is 4.61. The van der Waals surface area contributed by atoms with Crippen LogP contribution in [-0.4, -0.2) is 64.3 Å². The van der Waals surface area contributed by atoms with Crippen molar-refractivity contribution < 1.29 is 40.3 Å². The number of rotatable bonds is 0. The predicted octanol–water partition coefficient (Wildman–Crippen LogP) is -1.41. The maximum absolute atomic E-state index is 0. The minimum atomic E-state index is 0. The van der Waals surface area contributed by atoms with Crippen molar-refractivity contribution >= 4 is 64.3 Å². The molecule has 4 heteroatoms. The fourth-order valence-corrected chi connectivity index (χ4v) is 0. The van der Waals surface area contributed by atoms with E-state index in [1.165, 1.54) is 0 Å². The van der Waals surface area contributed by atoms with E-state index < -0.39 is 0 Å². The average Bonchev–Trinajstić information content (AvgIpc) is 0. The quantitative estimate of drug-likeness (QED) is 0.467. The van der Waals surface area contributed by atoms with Gasteiger partial charge < -0.3 is 0 Å². The Bertz CT molecular complexity index is 8.00. The number of hydrogen-bond donors (Lipinski definition) is 0. The van der Waals surface area contributed by atoms with Gasteiger partial charge in [0.05, 0.1) is 0 Å². The van der Waals surface area contributed by atoms with E-state index in [1.54, 1.807) is 0 Å². The fourth-order valence-electron chi connectivity index (χ4n) is 0. The molecule has 0 unspecified atom stereocenters. The van der Waals surface area contributed by atoms with E-state index in [0.717, 1.165) is 0 Å². The predicted molar refractivity (Wildman–Crippen MR) is 18.2 cm³/mol. The van der Waals surface area contributed by atoms with Crippen LogP contribution in [0.25, 0.3) is 0 Å². The molecule has 0 amide bonds. The molecular weight excluding hydrogens is 252 g/mol. The molecule has 17 valence electrons. The van der Waals surface area contributed by atoms with Crippen LogP contribution in [0.4, 0.5) is 4.70 Å². The third-order valence-corrected chi connectivity index (χ3v) is 0. The third-order valence-electron chi connectivity index (χ3n) is 0. The zero-order chi connectivity index (χ0) is 0. The summed E-state index contributed by atoms with van der Waals surface area (Å²) in [6, 6.07) is 0. The molecule has 0 atom stereocenters. The first-order valence-corrected chi connectivity index (χ1v) is 0. The minimum absolute atomic E-state index is 0. The van der Waals surface area contributed by atoms with Gasteiger partial charge in [-0.15, -0.1) is 0 Å². The molecule has 0 rings (SSSR count). The summed E-state index contributed by atoms with van der Waals surface area (Å²) in [5.41, 5.74) is 0. The Hall–Kier alpha value is 3.20. The molecule has 0 nitrogen and oxygen atoms in total. The molecule has 0 saturated carbocycles. The van der Waals surface area contributed by atoms with Crippen LogP contribution in [0.15, 0.2) is 0 Å². The molecule has 0 spiro atoms. The van der Waals surface area contributed by atoms with Crippen LogP contribution in [0.2, 0.25) is 0 Å². The molecule has 0 aliphatic heterocycles. The SMILES string of the molecule is F.[La].[LiH].[SrH2]. The third kappa shape index (κ3) is 8.96. The molecule has 1 radical (unpaired) electrons. The van der Waals surface area contributed by atoms with Crippen LogP contribution in [0.5, 0.6) is 0 Å². The molecule has 0 aromatic rings. The Morgan fingerprint density at radius 2 is 1.00 bits per heavy atom. The van der Waals surface area contributed by atoms with Crippen molar-refractivity contribution in [3.63, 3.8) is 0 Å². The van der Waals surface area contributed by atoms with Crippen molar-refractivity contribution in [2.24, 2.45) is 0 Å². The molecule has 0 N–H and O–H groups in total. The fraction of sp³-hybridized carbons (Fsp3) is 0. The van der Waals surface area contributed by atoms with Crippen LogP contribution in [0.1, 0.15) is 0 Å². The van der Waals surface area contributed by atoms with Gasteiger partial charge in [0.15, 0.2) is 0 Å². The molecule has 0 heterocycles. The molecule has 0 fully saturated rings. The van der Waals surface area contributed by atoms with Gasteiger partial charge in [0.2, 0.25) is 0 Å². The summed E-state index contributed by atoms with van der Waals surface area (Å²) in [5.74, 6) is 0. The van der Waals surface area contributed by atoms with E-state index in [0.29, 0.717) is 0 Å². The second-order valence-electron chi connectivity index (χ2n) is 0. The van der Waals surface area contributed by atoms with Gasteiger partial charge in [-0.05, 0) is 0 Å². The van der Waals surface area contributed by atoms with Crippen LogP contribution in [0, 0.1) is 35.6 Å². The summed E-state index contributed by atoms with van der Waals surface area (Å²) in [6.45, 7) is 0. The summed E-state index contributed by atoms with van der Waals surface area (Å²) in [5, 5.41) is 0. The molecule has 4 heavy (non-hydrogen) atoms. The molecule has 0 bridgehead atoms. The van der Waals surface area contributed by atoms with E-state index in [4.69, 9.17) is 0 Å². The molecular formula is H4FLaLiSr. The van der Waals surface area contributed by atoms with E-state index >= 15 is 0 Å². The summed E-state index contributed by atoms with van der Waals surface area (Å²) in [7, 11) is 0. The Kier molecular flexibility index (Phi) is 111. The molecule has 0 aliphatic rings. The van der Waals surface area contributed by atoms with Gasteiger partial charge >= 0.3 is 64.3 Å². The van der Waals surface area contributed by atoms with Gasteiger partial charge in [0.1, 0.15) is 0 Å². The van der Waals surface area contributed by atoms with Crippen molar-refractivity contribution in [2.75, 3.05) is 0 Å². The maximum atomic E-state index is 0. The summed E-state index contributed by atoms with van der Waals surface area (Å²) >= 11 is 0. The van der Waals surface area contributed by atoms with Crippen LogP contribution in [0.3, 0.4) is 0 Å². The zero-order valence-electron chi connectivity index (χ0n) is 0.986. The topological polar surface area (TPSA) is 0 Å². The Morgan fingerprint density at radius 1 is 1.00 bits per heavy atom. The summed E-state index contributed by atoms with van der Waals surface area (Å²) in [4.78, 5) is 0. The van der Waals surface area contributed by atoms with Gasteiger partial charge in [-0.25, -0.2) is 0 Å². The van der Waals surface area contributed by atoms with Crippen molar-refractivity contribution in [1.29, 1.82) is 0 Å². The Balaban J connectivity index is 0. The molecule has 0 aliphatic carbocycles. The summed E-state index contributed by atoms with van der Waals surface area (Å²) in [6.07, 6.45) is 0. The first-order valence-electron chi connectivity index (χ1n) is 0. The van der Waals surface area contributed by atoms with E-state index in [2.05, 4.69) is 0 Å². The van der Waals surface area contributed by atoms with E-state index in [1.807, 2.05) is 0 Å². The average molecular weight is 256 g/mol. The van der Waals surface area contributed by atoms with Crippen molar-refractivity contribution in [3.05, 3.63) is 0 Å². The van der Waals surface area contributed by atoms with Crippen molar-refractivity contribution in [3.8, 4) is 0 Å². The number of hydrogen-bond acceptors (Lipinski definition) is 0. The van der Waals surface area contributed by atoms with Gasteiger partial charge in [-0.2, -0.15) is 0 Å². The Morgan fingerprint density at radius 3 is 1.00 bits per heavy atom. The number of halogens is 1.